The van der Waals surface area contributed by atoms with Gasteiger partial charge in [-0.1, -0.05) is 13.8 Å². The third-order valence-corrected chi connectivity index (χ3v) is 3.01. The van der Waals surface area contributed by atoms with Crippen LogP contribution in [0.15, 0.2) is 0 Å². The zero-order valence-electron chi connectivity index (χ0n) is 9.42. The fraction of sp³-hybridized carbons (Fsp3) is 1.00. The lowest BCUT2D eigenvalue weighted by atomic mass is 10.1. The van der Waals surface area contributed by atoms with E-state index in [0.717, 1.165) is 19.1 Å². The summed E-state index contributed by atoms with van der Waals surface area (Å²) in [7, 11) is 0. The molecule has 1 saturated heterocycles. The van der Waals surface area contributed by atoms with Crippen molar-refractivity contribution < 1.29 is 4.74 Å². The van der Waals surface area contributed by atoms with Crippen LogP contribution in [0.4, 0.5) is 0 Å². The molecule has 0 aliphatic carbocycles. The molecule has 2 heteroatoms. The lowest BCUT2D eigenvalue weighted by molar-refractivity contribution is -0.0562. The van der Waals surface area contributed by atoms with Crippen LogP contribution in [-0.4, -0.2) is 36.7 Å². The summed E-state index contributed by atoms with van der Waals surface area (Å²) >= 11 is 0. The molecule has 0 aromatic heterocycles. The Morgan fingerprint density at radius 2 is 2.08 bits per heavy atom. The molecular weight excluding hydrogens is 162 g/mol. The van der Waals surface area contributed by atoms with E-state index in [1.54, 1.807) is 0 Å². The standard InChI is InChI=1S/C11H23NO/c1-9(2)5-6-12-7-8-13-11(4)10(12)3/h9-11H,5-8H2,1-4H3. The van der Waals surface area contributed by atoms with E-state index in [2.05, 4.69) is 32.6 Å². The number of hydrogen-bond acceptors (Lipinski definition) is 2. The molecule has 1 rings (SSSR count). The van der Waals surface area contributed by atoms with E-state index < -0.39 is 0 Å². The molecular formula is C11H23NO. The van der Waals surface area contributed by atoms with Crippen molar-refractivity contribution in [1.29, 1.82) is 0 Å². The molecule has 0 aromatic rings. The summed E-state index contributed by atoms with van der Waals surface area (Å²) < 4.78 is 5.59. The Hall–Kier alpha value is -0.0800. The monoisotopic (exact) mass is 185 g/mol. The molecule has 13 heavy (non-hydrogen) atoms. The molecule has 0 bridgehead atoms. The average Bonchev–Trinajstić information content (AvgIpc) is 2.07. The van der Waals surface area contributed by atoms with Crippen molar-refractivity contribution in [1.82, 2.24) is 4.90 Å². The van der Waals surface area contributed by atoms with E-state index in [1.807, 2.05) is 0 Å². The van der Waals surface area contributed by atoms with Gasteiger partial charge in [-0.3, -0.25) is 4.90 Å². The second-order valence-corrected chi connectivity index (χ2v) is 4.54. The van der Waals surface area contributed by atoms with Gasteiger partial charge >= 0.3 is 0 Å². The predicted molar refractivity (Wildman–Crippen MR) is 55.9 cm³/mol. The first-order chi connectivity index (χ1) is 6.11. The minimum Gasteiger partial charge on any atom is -0.376 e. The number of nitrogens with zero attached hydrogens (tertiary/aromatic N) is 1. The van der Waals surface area contributed by atoms with E-state index in [0.29, 0.717) is 12.1 Å². The highest BCUT2D eigenvalue weighted by Crippen LogP contribution is 2.14. The normalized spacial score (nSPS) is 31.2. The van der Waals surface area contributed by atoms with E-state index in [-0.39, 0.29) is 0 Å². The number of ether oxygens (including phenoxy) is 1. The maximum Gasteiger partial charge on any atom is 0.0700 e. The first-order valence-electron chi connectivity index (χ1n) is 5.47. The summed E-state index contributed by atoms with van der Waals surface area (Å²) in [6.07, 6.45) is 1.71. The van der Waals surface area contributed by atoms with Crippen LogP contribution in [0.25, 0.3) is 0 Å². The van der Waals surface area contributed by atoms with Gasteiger partial charge < -0.3 is 4.74 Å². The van der Waals surface area contributed by atoms with E-state index in [4.69, 9.17) is 4.74 Å². The van der Waals surface area contributed by atoms with Gasteiger partial charge in [-0.25, -0.2) is 0 Å². The molecule has 2 nitrogen and oxygen atoms in total. The Labute approximate surface area is 82.3 Å². The Kier molecular flexibility index (Phi) is 4.20. The molecule has 0 radical (unpaired) electrons. The summed E-state index contributed by atoms with van der Waals surface area (Å²) in [5.74, 6) is 0.811. The molecule has 1 heterocycles. The van der Waals surface area contributed by atoms with Gasteiger partial charge in [0, 0.05) is 12.6 Å². The summed E-state index contributed by atoms with van der Waals surface area (Å²) in [5.41, 5.74) is 0. The second kappa shape index (κ2) is 4.97. The molecule has 2 unspecified atom stereocenters. The Morgan fingerprint density at radius 3 is 2.69 bits per heavy atom. The average molecular weight is 185 g/mol. The lowest BCUT2D eigenvalue weighted by Gasteiger charge is -2.38. The Balaban J connectivity index is 2.31. The van der Waals surface area contributed by atoms with Crippen LogP contribution >= 0.6 is 0 Å². The van der Waals surface area contributed by atoms with Crippen LogP contribution in [0.3, 0.4) is 0 Å². The van der Waals surface area contributed by atoms with Crippen LogP contribution in [-0.2, 0) is 4.74 Å². The van der Waals surface area contributed by atoms with Gasteiger partial charge in [0.05, 0.1) is 12.7 Å². The first-order valence-corrected chi connectivity index (χ1v) is 5.47. The first kappa shape index (κ1) is 11.0. The van der Waals surface area contributed by atoms with Gasteiger partial charge in [-0.05, 0) is 32.7 Å². The zero-order chi connectivity index (χ0) is 9.84. The van der Waals surface area contributed by atoms with Crippen molar-refractivity contribution in [2.24, 2.45) is 5.92 Å². The quantitative estimate of drug-likeness (QED) is 0.668. The molecule has 2 atom stereocenters. The van der Waals surface area contributed by atoms with Crippen LogP contribution in [0, 0.1) is 5.92 Å². The zero-order valence-corrected chi connectivity index (χ0v) is 9.42. The third kappa shape index (κ3) is 3.28. The van der Waals surface area contributed by atoms with Crippen LogP contribution < -0.4 is 0 Å². The largest absolute Gasteiger partial charge is 0.376 e. The highest BCUT2D eigenvalue weighted by atomic mass is 16.5. The molecule has 0 amide bonds. The summed E-state index contributed by atoms with van der Waals surface area (Å²) in [4.78, 5) is 2.55. The van der Waals surface area contributed by atoms with Crippen molar-refractivity contribution in [3.8, 4) is 0 Å². The molecule has 0 spiro atoms. The molecule has 0 N–H and O–H groups in total. The van der Waals surface area contributed by atoms with Crippen LogP contribution in [0.5, 0.6) is 0 Å². The SMILES string of the molecule is CC(C)CCN1CCOC(C)C1C. The Morgan fingerprint density at radius 1 is 1.38 bits per heavy atom. The summed E-state index contributed by atoms with van der Waals surface area (Å²) in [5, 5.41) is 0. The fourth-order valence-corrected chi connectivity index (χ4v) is 1.74. The molecule has 78 valence electrons. The van der Waals surface area contributed by atoms with Crippen molar-refractivity contribution in [2.75, 3.05) is 19.7 Å². The topological polar surface area (TPSA) is 12.5 Å². The van der Waals surface area contributed by atoms with Crippen molar-refractivity contribution in [2.45, 2.75) is 46.3 Å². The van der Waals surface area contributed by atoms with Gasteiger partial charge in [0.25, 0.3) is 0 Å². The third-order valence-electron chi connectivity index (χ3n) is 3.01. The van der Waals surface area contributed by atoms with Gasteiger partial charge in [0.1, 0.15) is 0 Å². The maximum atomic E-state index is 5.59. The summed E-state index contributed by atoms with van der Waals surface area (Å²) in [6, 6.07) is 0.590. The Bertz CT molecular complexity index is 147. The molecule has 0 saturated carbocycles. The maximum absolute atomic E-state index is 5.59. The molecule has 1 aliphatic heterocycles. The smallest absolute Gasteiger partial charge is 0.0700 e. The number of morpholine rings is 1. The van der Waals surface area contributed by atoms with Crippen LogP contribution in [0.1, 0.15) is 34.1 Å². The fourth-order valence-electron chi connectivity index (χ4n) is 1.74. The van der Waals surface area contributed by atoms with Crippen LogP contribution in [0.2, 0.25) is 0 Å². The highest BCUT2D eigenvalue weighted by Gasteiger charge is 2.24. The van der Waals surface area contributed by atoms with Gasteiger partial charge in [-0.2, -0.15) is 0 Å². The molecule has 1 aliphatic rings. The minimum absolute atomic E-state index is 0.404. The van der Waals surface area contributed by atoms with E-state index in [1.165, 1.54) is 13.0 Å². The minimum atomic E-state index is 0.404. The second-order valence-electron chi connectivity index (χ2n) is 4.54. The van der Waals surface area contributed by atoms with Crippen molar-refractivity contribution >= 4 is 0 Å². The number of rotatable bonds is 3. The molecule has 0 aromatic carbocycles. The molecule has 1 fully saturated rings. The highest BCUT2D eigenvalue weighted by molar-refractivity contribution is 4.77. The van der Waals surface area contributed by atoms with Gasteiger partial charge in [0.2, 0.25) is 0 Å². The van der Waals surface area contributed by atoms with Crippen molar-refractivity contribution in [3.63, 3.8) is 0 Å². The summed E-state index contributed by atoms with van der Waals surface area (Å²) in [6.45, 7) is 12.3. The van der Waals surface area contributed by atoms with Crippen molar-refractivity contribution in [3.05, 3.63) is 0 Å². The predicted octanol–water partition coefficient (Wildman–Crippen LogP) is 2.14. The van der Waals surface area contributed by atoms with Gasteiger partial charge in [0.15, 0.2) is 0 Å². The van der Waals surface area contributed by atoms with E-state index >= 15 is 0 Å². The van der Waals surface area contributed by atoms with Gasteiger partial charge in [-0.15, -0.1) is 0 Å². The number of hydrogen-bond donors (Lipinski definition) is 0. The lowest BCUT2D eigenvalue weighted by Crippen LogP contribution is -2.48. The van der Waals surface area contributed by atoms with E-state index in [9.17, 15) is 0 Å².